The van der Waals surface area contributed by atoms with Crippen molar-refractivity contribution in [1.82, 2.24) is 10.6 Å². The van der Waals surface area contributed by atoms with E-state index in [-0.39, 0.29) is 31.2 Å². The van der Waals surface area contributed by atoms with Gasteiger partial charge in [0.05, 0.1) is 30.4 Å². The van der Waals surface area contributed by atoms with Gasteiger partial charge in [0.1, 0.15) is 30.3 Å². The van der Waals surface area contributed by atoms with Crippen molar-refractivity contribution in [1.29, 1.82) is 10.5 Å². The molecule has 0 spiro atoms. The standard InChI is InChI=1S/C25H25FN4O4/c1-32-19-4-5-33-24(13-29-12-19)25(31)30-18(11-28)7-16-8-23-21(9-22(16)26)20-3-2-15(10-27)6-17(20)14-34-23/h2-3,6,8-9,18-19,24,29H,4-5,7,12-14H2,1H3,(H,30,31)/t18?,19-,24-/m0/s1. The van der Waals surface area contributed by atoms with Gasteiger partial charge < -0.3 is 24.8 Å². The smallest absolute Gasteiger partial charge is 0.251 e. The number of nitrogens with one attached hydrogen (secondary N) is 2. The zero-order valence-corrected chi connectivity index (χ0v) is 18.8. The fraction of sp³-hybridized carbons (Fsp3) is 0.400. The van der Waals surface area contributed by atoms with Crippen LogP contribution in [0.3, 0.4) is 0 Å². The maximum Gasteiger partial charge on any atom is 0.251 e. The second-order valence-corrected chi connectivity index (χ2v) is 8.27. The van der Waals surface area contributed by atoms with Crippen LogP contribution in [0.15, 0.2) is 30.3 Å². The molecular formula is C25H25FN4O4. The first kappa shape index (κ1) is 23.7. The van der Waals surface area contributed by atoms with Gasteiger partial charge in [-0.1, -0.05) is 6.07 Å². The Bertz CT molecular complexity index is 1150. The summed E-state index contributed by atoms with van der Waals surface area (Å²) in [4.78, 5) is 12.7. The molecule has 2 aliphatic heterocycles. The highest BCUT2D eigenvalue weighted by Gasteiger charge is 2.26. The number of hydrogen-bond donors (Lipinski definition) is 2. The molecule has 1 saturated heterocycles. The van der Waals surface area contributed by atoms with Crippen molar-refractivity contribution in [3.8, 4) is 29.0 Å². The Morgan fingerprint density at radius 1 is 1.29 bits per heavy atom. The molecular weight excluding hydrogens is 439 g/mol. The first-order chi connectivity index (χ1) is 16.5. The minimum absolute atomic E-state index is 0.0170. The average molecular weight is 464 g/mol. The summed E-state index contributed by atoms with van der Waals surface area (Å²) in [5, 5.41) is 24.5. The lowest BCUT2D eigenvalue weighted by atomic mass is 9.93. The predicted octanol–water partition coefficient (Wildman–Crippen LogP) is 2.20. The fourth-order valence-electron chi connectivity index (χ4n) is 4.14. The number of rotatable bonds is 5. The van der Waals surface area contributed by atoms with Crippen molar-refractivity contribution in [2.75, 3.05) is 26.8 Å². The van der Waals surface area contributed by atoms with Gasteiger partial charge in [-0.2, -0.15) is 10.5 Å². The molecule has 1 amide bonds. The number of ether oxygens (including phenoxy) is 3. The number of methoxy groups -OCH3 is 1. The third-order valence-electron chi connectivity index (χ3n) is 6.04. The molecule has 2 heterocycles. The predicted molar refractivity (Wildman–Crippen MR) is 120 cm³/mol. The van der Waals surface area contributed by atoms with Crippen molar-refractivity contribution in [2.45, 2.75) is 37.7 Å². The number of nitrogens with zero attached hydrogens (tertiary/aromatic N) is 2. The molecule has 0 saturated carbocycles. The van der Waals surface area contributed by atoms with Crippen LogP contribution < -0.4 is 15.4 Å². The number of hydrogen-bond acceptors (Lipinski definition) is 7. The van der Waals surface area contributed by atoms with E-state index in [2.05, 4.69) is 16.7 Å². The number of carbonyl (C=O) groups is 1. The number of carbonyl (C=O) groups excluding carboxylic acids is 1. The first-order valence-electron chi connectivity index (χ1n) is 11.1. The van der Waals surface area contributed by atoms with Crippen molar-refractivity contribution < 1.29 is 23.4 Å². The van der Waals surface area contributed by atoms with E-state index in [1.807, 2.05) is 6.07 Å². The topological polar surface area (TPSA) is 116 Å². The lowest BCUT2D eigenvalue weighted by Crippen LogP contribution is -2.49. The molecule has 34 heavy (non-hydrogen) atoms. The van der Waals surface area contributed by atoms with E-state index < -0.39 is 23.9 Å². The highest BCUT2D eigenvalue weighted by Crippen LogP contribution is 2.39. The van der Waals surface area contributed by atoms with Gasteiger partial charge in [-0.15, -0.1) is 0 Å². The molecule has 176 valence electrons. The summed E-state index contributed by atoms with van der Waals surface area (Å²) in [5.74, 6) is -0.424. The lowest BCUT2D eigenvalue weighted by molar-refractivity contribution is -0.134. The van der Waals surface area contributed by atoms with Crippen LogP contribution in [0.4, 0.5) is 4.39 Å². The minimum atomic E-state index is -0.935. The number of amides is 1. The Balaban J connectivity index is 1.45. The summed E-state index contributed by atoms with van der Waals surface area (Å²) in [6.07, 6.45) is -0.0989. The summed E-state index contributed by atoms with van der Waals surface area (Å²) < 4.78 is 31.7. The number of halogens is 1. The second-order valence-electron chi connectivity index (χ2n) is 8.27. The number of fused-ring (bicyclic) bond motifs is 3. The molecule has 8 nitrogen and oxygen atoms in total. The molecule has 2 aromatic carbocycles. The Labute approximate surface area is 197 Å². The van der Waals surface area contributed by atoms with E-state index in [4.69, 9.17) is 19.5 Å². The monoisotopic (exact) mass is 464 g/mol. The molecule has 1 unspecified atom stereocenters. The van der Waals surface area contributed by atoms with Gasteiger partial charge in [0, 0.05) is 32.2 Å². The fourth-order valence-corrected chi connectivity index (χ4v) is 4.14. The highest BCUT2D eigenvalue weighted by molar-refractivity contribution is 5.81. The molecule has 0 radical (unpaired) electrons. The molecule has 9 heteroatoms. The van der Waals surface area contributed by atoms with Crippen LogP contribution in [0.25, 0.3) is 11.1 Å². The van der Waals surface area contributed by atoms with Crippen LogP contribution in [0.5, 0.6) is 5.75 Å². The van der Waals surface area contributed by atoms with Gasteiger partial charge in [0.25, 0.3) is 5.91 Å². The maximum absolute atomic E-state index is 15.0. The van der Waals surface area contributed by atoms with Crippen LogP contribution >= 0.6 is 0 Å². The quantitative estimate of drug-likeness (QED) is 0.697. The van der Waals surface area contributed by atoms with Crippen LogP contribution in [0.2, 0.25) is 0 Å². The van der Waals surface area contributed by atoms with Crippen molar-refractivity contribution in [3.63, 3.8) is 0 Å². The molecule has 2 aromatic rings. The van der Waals surface area contributed by atoms with E-state index in [9.17, 15) is 14.4 Å². The lowest BCUT2D eigenvalue weighted by Gasteiger charge is -2.26. The van der Waals surface area contributed by atoms with E-state index in [0.29, 0.717) is 36.4 Å². The molecule has 2 N–H and O–H groups in total. The summed E-state index contributed by atoms with van der Waals surface area (Å²) in [6.45, 7) is 1.52. The van der Waals surface area contributed by atoms with Gasteiger partial charge in [-0.3, -0.25) is 4.79 Å². The SMILES string of the molecule is CO[C@H]1CCO[C@H](C(=O)NC(C#N)Cc2cc3c(cc2F)-c2ccc(C#N)cc2CO3)CNC1. The van der Waals surface area contributed by atoms with Gasteiger partial charge >= 0.3 is 0 Å². The normalized spacial score (nSPS) is 20.2. The van der Waals surface area contributed by atoms with Gasteiger partial charge in [-0.05, 0) is 47.4 Å². The zero-order valence-electron chi connectivity index (χ0n) is 18.8. The molecule has 0 bridgehead atoms. The largest absolute Gasteiger partial charge is 0.488 e. The van der Waals surface area contributed by atoms with Crippen LogP contribution in [-0.4, -0.2) is 51.0 Å². The van der Waals surface area contributed by atoms with Gasteiger partial charge in [-0.25, -0.2) is 4.39 Å². The molecule has 3 atom stereocenters. The van der Waals surface area contributed by atoms with E-state index in [1.165, 1.54) is 6.07 Å². The van der Waals surface area contributed by atoms with E-state index >= 15 is 0 Å². The minimum Gasteiger partial charge on any atom is -0.488 e. The zero-order chi connectivity index (χ0) is 24.1. The Kier molecular flexibility index (Phi) is 7.39. The van der Waals surface area contributed by atoms with Crippen LogP contribution in [0.1, 0.15) is 23.1 Å². The van der Waals surface area contributed by atoms with Crippen molar-refractivity contribution in [3.05, 3.63) is 52.8 Å². The number of benzene rings is 2. The summed E-state index contributed by atoms with van der Waals surface area (Å²) in [5.41, 5.74) is 2.98. The molecule has 1 fully saturated rings. The summed E-state index contributed by atoms with van der Waals surface area (Å²) in [7, 11) is 1.63. The molecule has 4 rings (SSSR count). The molecule has 0 aliphatic carbocycles. The van der Waals surface area contributed by atoms with E-state index in [1.54, 1.807) is 31.4 Å². The first-order valence-corrected chi connectivity index (χ1v) is 11.1. The average Bonchev–Trinajstić information content (AvgIpc) is 2.83. The molecule has 0 aromatic heterocycles. The van der Waals surface area contributed by atoms with Gasteiger partial charge in [0.2, 0.25) is 0 Å². The Morgan fingerprint density at radius 3 is 2.91 bits per heavy atom. The maximum atomic E-state index is 15.0. The van der Waals surface area contributed by atoms with Gasteiger partial charge in [0.15, 0.2) is 0 Å². The third kappa shape index (κ3) is 5.18. The van der Waals surface area contributed by atoms with Crippen LogP contribution in [-0.2, 0) is 27.3 Å². The van der Waals surface area contributed by atoms with Crippen molar-refractivity contribution >= 4 is 5.91 Å². The third-order valence-corrected chi connectivity index (χ3v) is 6.04. The Morgan fingerprint density at radius 2 is 2.15 bits per heavy atom. The van der Waals surface area contributed by atoms with Crippen LogP contribution in [0, 0.1) is 28.5 Å². The Hall–Kier alpha value is -3.50. The summed E-state index contributed by atoms with van der Waals surface area (Å²) in [6, 6.07) is 11.3. The number of nitriles is 2. The second kappa shape index (κ2) is 10.6. The van der Waals surface area contributed by atoms with Crippen molar-refractivity contribution in [2.24, 2.45) is 0 Å². The molecule has 2 aliphatic rings. The summed E-state index contributed by atoms with van der Waals surface area (Å²) >= 11 is 0. The van der Waals surface area contributed by atoms with E-state index in [0.717, 1.165) is 11.1 Å². The highest BCUT2D eigenvalue weighted by atomic mass is 19.1.